The maximum atomic E-state index is 13.0. The van der Waals surface area contributed by atoms with Crippen LogP contribution in [0.25, 0.3) is 10.9 Å². The summed E-state index contributed by atoms with van der Waals surface area (Å²) in [6.07, 6.45) is 8.98. The first kappa shape index (κ1) is 18.6. The Morgan fingerprint density at radius 1 is 1.03 bits per heavy atom. The van der Waals surface area contributed by atoms with Crippen molar-refractivity contribution in [3.05, 3.63) is 41.1 Å². The van der Waals surface area contributed by atoms with Crippen molar-refractivity contribution in [3.8, 4) is 0 Å². The largest absolute Gasteiger partial charge is 0.452 e. The number of carbonyl (C=O) groups is 2. The third kappa shape index (κ3) is 3.52. The van der Waals surface area contributed by atoms with Gasteiger partial charge in [-0.05, 0) is 55.6 Å². The molecule has 0 N–H and O–H groups in total. The Balaban J connectivity index is 1.30. The molecule has 2 heterocycles. The molecule has 3 aliphatic rings. The average Bonchev–Trinajstić information content (AvgIpc) is 3.23. The number of rotatable bonds is 3. The standard InChI is InChI=1S/C24H28N2O3/c27-22(26-13-12-16-6-1-2-7-17(16)14-26)15-29-24(28)23-18-8-3-4-10-20(18)25-21-11-5-9-19(21)23/h3-4,8,10,16-17H,1-2,5-7,9,11-15H2/t16-,17-/m0/s1. The number of piperidine rings is 1. The number of aromatic nitrogens is 1. The van der Waals surface area contributed by atoms with E-state index in [0.717, 1.165) is 66.9 Å². The minimum Gasteiger partial charge on any atom is -0.452 e. The molecule has 0 unspecified atom stereocenters. The lowest BCUT2D eigenvalue weighted by atomic mass is 9.75. The maximum Gasteiger partial charge on any atom is 0.339 e. The van der Waals surface area contributed by atoms with Gasteiger partial charge < -0.3 is 9.64 Å². The van der Waals surface area contributed by atoms with Crippen molar-refractivity contribution in [2.24, 2.45) is 11.8 Å². The van der Waals surface area contributed by atoms with Gasteiger partial charge in [0.1, 0.15) is 0 Å². The summed E-state index contributed by atoms with van der Waals surface area (Å²) in [7, 11) is 0. The fraction of sp³-hybridized carbons (Fsp3) is 0.542. The van der Waals surface area contributed by atoms with E-state index in [-0.39, 0.29) is 18.5 Å². The molecular weight excluding hydrogens is 364 g/mol. The highest BCUT2D eigenvalue weighted by atomic mass is 16.5. The molecule has 2 aromatic rings. The van der Waals surface area contributed by atoms with Gasteiger partial charge in [-0.3, -0.25) is 9.78 Å². The first-order valence-corrected chi connectivity index (χ1v) is 11.1. The molecule has 2 aliphatic carbocycles. The molecule has 5 heteroatoms. The molecule has 1 saturated carbocycles. The van der Waals surface area contributed by atoms with Crippen LogP contribution in [0, 0.1) is 11.8 Å². The quantitative estimate of drug-likeness (QED) is 0.743. The van der Waals surface area contributed by atoms with Gasteiger partial charge in [0.05, 0.1) is 11.1 Å². The fourth-order valence-corrected chi connectivity index (χ4v) is 5.56. The predicted octanol–water partition coefficient (Wildman–Crippen LogP) is 3.92. The highest BCUT2D eigenvalue weighted by molar-refractivity contribution is 6.05. The molecule has 1 aliphatic heterocycles. The van der Waals surface area contributed by atoms with Crippen LogP contribution >= 0.6 is 0 Å². The van der Waals surface area contributed by atoms with Crippen molar-refractivity contribution in [2.75, 3.05) is 19.7 Å². The van der Waals surface area contributed by atoms with Crippen molar-refractivity contribution < 1.29 is 14.3 Å². The number of fused-ring (bicyclic) bond motifs is 3. The first-order valence-electron chi connectivity index (χ1n) is 11.1. The Morgan fingerprint density at radius 2 is 1.86 bits per heavy atom. The van der Waals surface area contributed by atoms with Crippen LogP contribution in [0.5, 0.6) is 0 Å². The Bertz CT molecular complexity index is 955. The number of para-hydroxylation sites is 1. The molecular formula is C24H28N2O3. The first-order chi connectivity index (χ1) is 14.2. The van der Waals surface area contributed by atoms with Crippen LogP contribution in [-0.4, -0.2) is 41.5 Å². The van der Waals surface area contributed by atoms with E-state index in [1.54, 1.807) is 0 Å². The minimum atomic E-state index is -0.386. The summed E-state index contributed by atoms with van der Waals surface area (Å²) in [5.74, 6) is 0.964. The molecule has 2 atom stereocenters. The number of likely N-dealkylation sites (tertiary alicyclic amines) is 1. The predicted molar refractivity (Wildman–Crippen MR) is 111 cm³/mol. The Morgan fingerprint density at radius 3 is 2.76 bits per heavy atom. The topological polar surface area (TPSA) is 59.5 Å². The molecule has 0 bridgehead atoms. The van der Waals surface area contributed by atoms with E-state index in [1.807, 2.05) is 29.2 Å². The van der Waals surface area contributed by atoms with Gasteiger partial charge in [-0.15, -0.1) is 0 Å². The number of benzene rings is 1. The van der Waals surface area contributed by atoms with Gasteiger partial charge in [0.25, 0.3) is 5.91 Å². The molecule has 2 fully saturated rings. The van der Waals surface area contributed by atoms with E-state index in [4.69, 9.17) is 9.72 Å². The highest BCUT2D eigenvalue weighted by Gasteiger charge is 2.33. The van der Waals surface area contributed by atoms with Gasteiger partial charge in [-0.1, -0.05) is 37.5 Å². The van der Waals surface area contributed by atoms with Crippen molar-refractivity contribution in [2.45, 2.75) is 51.4 Å². The fourth-order valence-electron chi connectivity index (χ4n) is 5.56. The maximum absolute atomic E-state index is 13.0. The van der Waals surface area contributed by atoms with Crippen molar-refractivity contribution in [3.63, 3.8) is 0 Å². The molecule has 152 valence electrons. The van der Waals surface area contributed by atoms with Crippen LogP contribution in [0.1, 0.15) is 60.1 Å². The number of nitrogens with zero attached hydrogens (tertiary/aromatic N) is 2. The average molecular weight is 392 g/mol. The van der Waals surface area contributed by atoms with Gasteiger partial charge in [-0.2, -0.15) is 0 Å². The Kier molecular flexibility index (Phi) is 4.98. The zero-order valence-corrected chi connectivity index (χ0v) is 16.9. The minimum absolute atomic E-state index is 0.0580. The Labute approximate surface area is 171 Å². The molecule has 5 rings (SSSR count). The molecule has 1 saturated heterocycles. The monoisotopic (exact) mass is 392 g/mol. The van der Waals surface area contributed by atoms with E-state index in [9.17, 15) is 9.59 Å². The van der Waals surface area contributed by atoms with E-state index in [0.29, 0.717) is 11.5 Å². The zero-order chi connectivity index (χ0) is 19.8. The third-order valence-electron chi connectivity index (χ3n) is 7.09. The number of hydrogen-bond donors (Lipinski definition) is 0. The third-order valence-corrected chi connectivity index (χ3v) is 7.09. The zero-order valence-electron chi connectivity index (χ0n) is 16.9. The normalized spacial score (nSPS) is 23.5. The number of carbonyl (C=O) groups excluding carboxylic acids is 2. The van der Waals surface area contributed by atoms with Gasteiger partial charge in [0.2, 0.25) is 0 Å². The lowest BCUT2D eigenvalue weighted by molar-refractivity contribution is -0.137. The second-order valence-electron chi connectivity index (χ2n) is 8.79. The summed E-state index contributed by atoms with van der Waals surface area (Å²) in [5.41, 5.74) is 3.44. The summed E-state index contributed by atoms with van der Waals surface area (Å²) in [6.45, 7) is 1.46. The molecule has 0 radical (unpaired) electrons. The number of hydrogen-bond acceptors (Lipinski definition) is 4. The van der Waals surface area contributed by atoms with Gasteiger partial charge in [0, 0.05) is 24.2 Å². The number of ether oxygens (including phenoxy) is 1. The lowest BCUT2D eigenvalue weighted by Gasteiger charge is -2.41. The summed E-state index contributed by atoms with van der Waals surface area (Å²) in [6, 6.07) is 7.71. The van der Waals surface area contributed by atoms with E-state index >= 15 is 0 Å². The van der Waals surface area contributed by atoms with E-state index in [2.05, 4.69) is 0 Å². The SMILES string of the molecule is O=C(OCC(=O)N1CC[C@@H]2CCCC[C@H]2C1)c1c2c(nc3ccccc13)CCC2. The smallest absolute Gasteiger partial charge is 0.339 e. The van der Waals surface area contributed by atoms with Gasteiger partial charge >= 0.3 is 5.97 Å². The number of aryl methyl sites for hydroxylation is 1. The Hall–Kier alpha value is -2.43. The summed E-state index contributed by atoms with van der Waals surface area (Å²) >= 11 is 0. The molecule has 1 aromatic carbocycles. The second-order valence-corrected chi connectivity index (χ2v) is 8.79. The number of pyridine rings is 1. The van der Waals surface area contributed by atoms with Crippen molar-refractivity contribution >= 4 is 22.8 Å². The van der Waals surface area contributed by atoms with Crippen LogP contribution in [0.4, 0.5) is 0 Å². The van der Waals surface area contributed by atoms with Crippen molar-refractivity contribution in [1.29, 1.82) is 0 Å². The summed E-state index contributed by atoms with van der Waals surface area (Å²) < 4.78 is 5.55. The second kappa shape index (κ2) is 7.77. The van der Waals surface area contributed by atoms with Gasteiger partial charge in [0.15, 0.2) is 6.61 Å². The van der Waals surface area contributed by atoms with Crippen LogP contribution in [0.3, 0.4) is 0 Å². The van der Waals surface area contributed by atoms with Crippen LogP contribution in [-0.2, 0) is 22.4 Å². The molecule has 0 spiro atoms. The summed E-state index contributed by atoms with van der Waals surface area (Å²) in [4.78, 5) is 32.4. The van der Waals surface area contributed by atoms with E-state index < -0.39 is 0 Å². The number of esters is 1. The molecule has 29 heavy (non-hydrogen) atoms. The highest BCUT2D eigenvalue weighted by Crippen LogP contribution is 2.36. The molecule has 1 amide bonds. The van der Waals surface area contributed by atoms with Crippen LogP contribution < -0.4 is 0 Å². The van der Waals surface area contributed by atoms with Gasteiger partial charge in [-0.25, -0.2) is 4.79 Å². The molecule has 1 aromatic heterocycles. The van der Waals surface area contributed by atoms with Crippen LogP contribution in [0.2, 0.25) is 0 Å². The van der Waals surface area contributed by atoms with E-state index in [1.165, 1.54) is 25.7 Å². The summed E-state index contributed by atoms with van der Waals surface area (Å²) in [5, 5.41) is 0.827. The number of amides is 1. The van der Waals surface area contributed by atoms with Crippen molar-refractivity contribution in [1.82, 2.24) is 9.88 Å². The lowest BCUT2D eigenvalue weighted by Crippen LogP contribution is -2.46. The molecule has 5 nitrogen and oxygen atoms in total. The van der Waals surface area contributed by atoms with Crippen LogP contribution in [0.15, 0.2) is 24.3 Å².